The van der Waals surface area contributed by atoms with Gasteiger partial charge in [-0.2, -0.15) is 0 Å². The summed E-state index contributed by atoms with van der Waals surface area (Å²) >= 11 is 0. The largest absolute Gasteiger partial charge is 0.355 e. The molecule has 0 saturated carbocycles. The molecule has 0 bridgehead atoms. The minimum Gasteiger partial charge on any atom is -0.355 e. The third-order valence-corrected chi connectivity index (χ3v) is 5.09. The predicted octanol–water partition coefficient (Wildman–Crippen LogP) is 4.00. The number of aromatic nitrogens is 4. The molecule has 4 aromatic rings. The van der Waals surface area contributed by atoms with Crippen molar-refractivity contribution in [1.82, 2.24) is 19.9 Å². The van der Waals surface area contributed by atoms with Gasteiger partial charge in [0.25, 0.3) is 0 Å². The summed E-state index contributed by atoms with van der Waals surface area (Å²) in [6.45, 7) is 3.79. The molecule has 0 atom stereocenters. The number of hydrogen-bond donors (Lipinski definition) is 0. The summed E-state index contributed by atoms with van der Waals surface area (Å²) in [6.07, 6.45) is 5.40. The van der Waals surface area contributed by atoms with Crippen LogP contribution in [0.4, 0.5) is 5.82 Å². The average Bonchev–Trinajstić information content (AvgIpc) is 2.68. The molecule has 3 aromatic heterocycles. The van der Waals surface area contributed by atoms with E-state index in [2.05, 4.69) is 50.2 Å². The van der Waals surface area contributed by atoms with Crippen molar-refractivity contribution in [2.45, 2.75) is 12.8 Å². The Bertz CT molecular complexity index is 1100. The van der Waals surface area contributed by atoms with Crippen LogP contribution in [0, 0.1) is 6.92 Å². The minimum absolute atomic E-state index is 0.350. The molecule has 5 nitrogen and oxygen atoms in total. The Kier molecular flexibility index (Phi) is 3.78. The van der Waals surface area contributed by atoms with Gasteiger partial charge in [0.2, 0.25) is 0 Å². The molecule has 27 heavy (non-hydrogen) atoms. The van der Waals surface area contributed by atoms with E-state index in [1.807, 2.05) is 31.3 Å². The summed E-state index contributed by atoms with van der Waals surface area (Å²) in [7, 11) is 0. The number of fused-ring (bicyclic) bond motifs is 1. The number of aryl methyl sites for hydroxylation is 1. The van der Waals surface area contributed by atoms with Crippen LogP contribution >= 0.6 is 0 Å². The Morgan fingerprint density at radius 1 is 0.889 bits per heavy atom. The van der Waals surface area contributed by atoms with Gasteiger partial charge in [0.15, 0.2) is 0 Å². The van der Waals surface area contributed by atoms with Gasteiger partial charge in [-0.3, -0.25) is 15.0 Å². The summed E-state index contributed by atoms with van der Waals surface area (Å²) in [5.74, 6) is 1.37. The second-order valence-electron chi connectivity index (χ2n) is 6.94. The summed E-state index contributed by atoms with van der Waals surface area (Å²) in [5.41, 5.74) is 5.03. The lowest BCUT2D eigenvalue weighted by Crippen LogP contribution is -2.46. The lowest BCUT2D eigenvalue weighted by atomic mass is 9.92. The van der Waals surface area contributed by atoms with Gasteiger partial charge in [-0.1, -0.05) is 18.2 Å². The Balaban J connectivity index is 1.39. The molecule has 1 aliphatic heterocycles. The highest BCUT2D eigenvalue weighted by atomic mass is 15.2. The quantitative estimate of drug-likeness (QED) is 0.557. The van der Waals surface area contributed by atoms with Crippen molar-refractivity contribution in [2.75, 3.05) is 18.0 Å². The third kappa shape index (κ3) is 2.91. The summed E-state index contributed by atoms with van der Waals surface area (Å²) in [6, 6.07) is 16.5. The molecule has 0 spiro atoms. The third-order valence-electron chi connectivity index (χ3n) is 5.09. The van der Waals surface area contributed by atoms with E-state index in [4.69, 9.17) is 4.98 Å². The number of hydrogen-bond acceptors (Lipinski definition) is 5. The molecule has 5 rings (SSSR count). The zero-order chi connectivity index (χ0) is 18.2. The molecule has 0 N–H and O–H groups in total. The van der Waals surface area contributed by atoms with Gasteiger partial charge in [-0.25, -0.2) is 4.98 Å². The first-order chi connectivity index (χ1) is 13.3. The SMILES string of the molecule is Cc1ccc(-c2nccnc2C2CN(c3ccc4ccccc4n3)C2)cn1. The number of anilines is 1. The number of pyridine rings is 2. The van der Waals surface area contributed by atoms with Crippen molar-refractivity contribution in [3.05, 3.63) is 78.5 Å². The van der Waals surface area contributed by atoms with E-state index in [-0.39, 0.29) is 0 Å². The Hall–Kier alpha value is -3.34. The zero-order valence-corrected chi connectivity index (χ0v) is 15.1. The molecular formula is C22H19N5. The van der Waals surface area contributed by atoms with Gasteiger partial charge in [0.1, 0.15) is 5.82 Å². The lowest BCUT2D eigenvalue weighted by molar-refractivity contribution is 0.509. The lowest BCUT2D eigenvalue weighted by Gasteiger charge is -2.40. The van der Waals surface area contributed by atoms with Crippen molar-refractivity contribution in [3.63, 3.8) is 0 Å². The van der Waals surface area contributed by atoms with Gasteiger partial charge in [-0.05, 0) is 37.3 Å². The van der Waals surface area contributed by atoms with E-state index in [1.54, 1.807) is 12.4 Å². The maximum absolute atomic E-state index is 4.80. The van der Waals surface area contributed by atoms with Crippen molar-refractivity contribution >= 4 is 16.7 Å². The Morgan fingerprint density at radius 2 is 1.74 bits per heavy atom. The highest BCUT2D eigenvalue weighted by molar-refractivity contribution is 5.80. The fraction of sp³-hybridized carbons (Fsp3) is 0.182. The van der Waals surface area contributed by atoms with Crippen LogP contribution in [0.25, 0.3) is 22.2 Å². The second kappa shape index (κ2) is 6.43. The molecule has 0 aliphatic carbocycles. The molecule has 1 fully saturated rings. The summed E-state index contributed by atoms with van der Waals surface area (Å²) in [5, 5.41) is 1.17. The number of rotatable bonds is 3. The predicted molar refractivity (Wildman–Crippen MR) is 107 cm³/mol. The van der Waals surface area contributed by atoms with E-state index in [1.165, 1.54) is 5.39 Å². The van der Waals surface area contributed by atoms with Crippen molar-refractivity contribution in [1.29, 1.82) is 0 Å². The maximum atomic E-state index is 4.80. The van der Waals surface area contributed by atoms with Crippen LogP contribution < -0.4 is 4.90 Å². The number of nitrogens with zero attached hydrogens (tertiary/aromatic N) is 5. The molecule has 1 saturated heterocycles. The standard InChI is InChI=1S/C22H19N5/c1-15-6-7-17(12-25-15)21-22(24-11-10-23-21)18-13-27(14-18)20-9-8-16-4-2-3-5-19(16)26-20/h2-12,18H,13-14H2,1H3. The minimum atomic E-state index is 0.350. The van der Waals surface area contributed by atoms with Crippen LogP contribution in [0.3, 0.4) is 0 Å². The maximum Gasteiger partial charge on any atom is 0.129 e. The van der Waals surface area contributed by atoms with E-state index >= 15 is 0 Å². The molecule has 0 amide bonds. The summed E-state index contributed by atoms with van der Waals surface area (Å²) < 4.78 is 0. The monoisotopic (exact) mass is 353 g/mol. The number of para-hydroxylation sites is 1. The first-order valence-electron chi connectivity index (χ1n) is 9.12. The van der Waals surface area contributed by atoms with E-state index in [0.717, 1.165) is 47.1 Å². The van der Waals surface area contributed by atoms with Crippen LogP contribution in [0.15, 0.2) is 67.1 Å². The van der Waals surface area contributed by atoms with Gasteiger partial charge in [-0.15, -0.1) is 0 Å². The van der Waals surface area contributed by atoms with Crippen LogP contribution in [0.2, 0.25) is 0 Å². The van der Waals surface area contributed by atoms with Crippen LogP contribution in [0.5, 0.6) is 0 Å². The van der Waals surface area contributed by atoms with E-state index < -0.39 is 0 Å². The highest BCUT2D eigenvalue weighted by Gasteiger charge is 2.32. The van der Waals surface area contributed by atoms with E-state index in [0.29, 0.717) is 5.92 Å². The Labute approximate surface area is 157 Å². The van der Waals surface area contributed by atoms with Crippen molar-refractivity contribution in [2.24, 2.45) is 0 Å². The van der Waals surface area contributed by atoms with Crippen LogP contribution in [-0.4, -0.2) is 33.0 Å². The molecule has 4 heterocycles. The summed E-state index contributed by atoms with van der Waals surface area (Å²) in [4.78, 5) is 20.7. The molecule has 0 radical (unpaired) electrons. The molecule has 132 valence electrons. The zero-order valence-electron chi connectivity index (χ0n) is 15.1. The second-order valence-corrected chi connectivity index (χ2v) is 6.94. The van der Waals surface area contributed by atoms with E-state index in [9.17, 15) is 0 Å². The highest BCUT2D eigenvalue weighted by Crippen LogP contribution is 2.34. The molecule has 5 heteroatoms. The van der Waals surface area contributed by atoms with Gasteiger partial charge >= 0.3 is 0 Å². The first-order valence-corrected chi connectivity index (χ1v) is 9.12. The topological polar surface area (TPSA) is 54.8 Å². The van der Waals surface area contributed by atoms with Crippen molar-refractivity contribution < 1.29 is 0 Å². The molecule has 1 aromatic carbocycles. The normalized spacial score (nSPS) is 14.3. The van der Waals surface area contributed by atoms with Crippen molar-refractivity contribution in [3.8, 4) is 11.3 Å². The average molecular weight is 353 g/mol. The van der Waals surface area contributed by atoms with Crippen LogP contribution in [-0.2, 0) is 0 Å². The van der Waals surface area contributed by atoms with Gasteiger partial charge in [0, 0.05) is 54.2 Å². The molecule has 1 aliphatic rings. The fourth-order valence-corrected chi connectivity index (χ4v) is 3.55. The fourth-order valence-electron chi connectivity index (χ4n) is 3.55. The number of benzene rings is 1. The molecular weight excluding hydrogens is 334 g/mol. The van der Waals surface area contributed by atoms with Gasteiger partial charge < -0.3 is 4.90 Å². The van der Waals surface area contributed by atoms with Crippen LogP contribution in [0.1, 0.15) is 17.3 Å². The van der Waals surface area contributed by atoms with Gasteiger partial charge in [0.05, 0.1) is 16.9 Å². The smallest absolute Gasteiger partial charge is 0.129 e. The Morgan fingerprint density at radius 3 is 2.59 bits per heavy atom. The first kappa shape index (κ1) is 15.9. The molecule has 0 unspecified atom stereocenters.